The number of nitrogens with zero attached hydrogens (tertiary/aromatic N) is 3. The molecule has 160 valence electrons. The number of benzene rings is 1. The molecule has 0 bridgehead atoms. The lowest BCUT2D eigenvalue weighted by molar-refractivity contribution is 0.0757. The summed E-state index contributed by atoms with van der Waals surface area (Å²) in [5.41, 5.74) is 5.28. The molecule has 1 saturated carbocycles. The van der Waals surface area contributed by atoms with Gasteiger partial charge in [0.05, 0.1) is 15.5 Å². The molecule has 2 aromatic heterocycles. The van der Waals surface area contributed by atoms with Crippen LogP contribution in [0.4, 0.5) is 4.39 Å². The molecule has 30 heavy (non-hydrogen) atoms. The predicted molar refractivity (Wildman–Crippen MR) is 123 cm³/mol. The van der Waals surface area contributed by atoms with Crippen LogP contribution in [0.1, 0.15) is 24.6 Å². The number of fused-ring (bicyclic) bond motifs is 3. The smallest absolute Gasteiger partial charge is 0.159 e. The van der Waals surface area contributed by atoms with Gasteiger partial charge >= 0.3 is 0 Å². The first kappa shape index (κ1) is 20.4. The molecule has 0 unspecified atom stereocenters. The van der Waals surface area contributed by atoms with E-state index >= 15 is 0 Å². The molecule has 0 spiro atoms. The molecule has 0 aliphatic heterocycles. The number of halogens is 2. The summed E-state index contributed by atoms with van der Waals surface area (Å²) in [6, 6.07) is 4.34. The van der Waals surface area contributed by atoms with E-state index in [0.29, 0.717) is 28.0 Å². The minimum absolute atomic E-state index is 0.296. The van der Waals surface area contributed by atoms with E-state index in [4.69, 9.17) is 14.8 Å². The molecule has 1 aromatic carbocycles. The van der Waals surface area contributed by atoms with E-state index in [9.17, 15) is 4.39 Å². The summed E-state index contributed by atoms with van der Waals surface area (Å²) in [7, 11) is -1.12. The minimum Gasteiger partial charge on any atom is -0.360 e. The van der Waals surface area contributed by atoms with Crippen LogP contribution in [0.5, 0.6) is 0 Å². The number of hydrogen-bond acceptors (Lipinski definition) is 3. The van der Waals surface area contributed by atoms with Crippen molar-refractivity contribution in [1.29, 1.82) is 0 Å². The van der Waals surface area contributed by atoms with Gasteiger partial charge in [0, 0.05) is 32.0 Å². The van der Waals surface area contributed by atoms with Gasteiger partial charge in [0.15, 0.2) is 5.82 Å². The first-order chi connectivity index (χ1) is 14.1. The predicted octanol–water partition coefficient (Wildman–Crippen LogP) is 5.77. The maximum Gasteiger partial charge on any atom is 0.159 e. The standard InChI is InChI=1S/C22H28BrFN4OSi/c1-22-10-13(22)7-14-19(11-22)28(12-29-5-6-30(2,3)4)27-20(14)21-25-17-8-15(23)16(24)9-18(17)26-21/h8-9,13H,5-7,10-12H2,1-4H3,(H,25,26)/t13-,22-/m1/s1. The van der Waals surface area contributed by atoms with Gasteiger partial charge in [0.25, 0.3) is 0 Å². The van der Waals surface area contributed by atoms with Gasteiger partial charge in [-0.15, -0.1) is 0 Å². The number of H-pyrrole nitrogens is 1. The van der Waals surface area contributed by atoms with E-state index in [1.54, 1.807) is 6.07 Å². The summed E-state index contributed by atoms with van der Waals surface area (Å²) in [4.78, 5) is 8.01. The van der Waals surface area contributed by atoms with Crippen LogP contribution in [0.2, 0.25) is 25.7 Å². The Morgan fingerprint density at radius 1 is 1.37 bits per heavy atom. The number of imidazole rings is 1. The second-order valence-corrected chi connectivity index (χ2v) is 16.9. The van der Waals surface area contributed by atoms with Crippen LogP contribution in [0.3, 0.4) is 0 Å². The van der Waals surface area contributed by atoms with Crippen LogP contribution in [0.25, 0.3) is 22.6 Å². The molecule has 2 heterocycles. The second-order valence-electron chi connectivity index (χ2n) is 10.4. The van der Waals surface area contributed by atoms with Crippen molar-refractivity contribution in [1.82, 2.24) is 19.7 Å². The number of aromatic nitrogens is 4. The topological polar surface area (TPSA) is 55.7 Å². The number of aromatic amines is 1. The number of hydrogen-bond donors (Lipinski definition) is 1. The number of nitrogens with one attached hydrogen (secondary N) is 1. The quantitative estimate of drug-likeness (QED) is 0.352. The zero-order chi connectivity index (χ0) is 21.3. The lowest BCUT2D eigenvalue weighted by Gasteiger charge is -2.20. The van der Waals surface area contributed by atoms with Crippen molar-refractivity contribution in [3.05, 3.63) is 33.7 Å². The van der Waals surface area contributed by atoms with Crippen molar-refractivity contribution in [2.45, 2.75) is 58.6 Å². The van der Waals surface area contributed by atoms with Crippen LogP contribution in [0, 0.1) is 17.2 Å². The molecule has 3 aromatic rings. The summed E-state index contributed by atoms with van der Waals surface area (Å²) in [6.07, 6.45) is 3.35. The third-order valence-electron chi connectivity index (χ3n) is 6.68. The van der Waals surface area contributed by atoms with Crippen molar-refractivity contribution in [3.63, 3.8) is 0 Å². The Balaban J connectivity index is 1.48. The minimum atomic E-state index is -1.12. The van der Waals surface area contributed by atoms with E-state index in [1.807, 2.05) is 4.68 Å². The largest absolute Gasteiger partial charge is 0.360 e. The van der Waals surface area contributed by atoms with Crippen molar-refractivity contribution < 1.29 is 9.13 Å². The second kappa shape index (κ2) is 7.00. The fraction of sp³-hybridized carbons (Fsp3) is 0.545. The number of rotatable bonds is 6. The van der Waals surface area contributed by atoms with Crippen LogP contribution in [-0.2, 0) is 24.3 Å². The molecule has 5 rings (SSSR count). The van der Waals surface area contributed by atoms with Crippen LogP contribution >= 0.6 is 15.9 Å². The fourth-order valence-corrected chi connectivity index (χ4v) is 5.65. The lowest BCUT2D eigenvalue weighted by atomic mass is 9.87. The molecule has 2 aliphatic rings. The highest BCUT2D eigenvalue weighted by atomic mass is 79.9. The number of ether oxygens (including phenoxy) is 1. The normalized spacial score (nSPS) is 22.9. The molecular weight excluding hydrogens is 463 g/mol. The first-order valence-corrected chi connectivity index (χ1v) is 15.1. The Bertz CT molecular complexity index is 1100. The molecule has 5 nitrogen and oxygen atoms in total. The average molecular weight is 491 g/mol. The highest BCUT2D eigenvalue weighted by Crippen LogP contribution is 2.60. The Labute approximate surface area is 185 Å². The van der Waals surface area contributed by atoms with Crippen molar-refractivity contribution in [2.24, 2.45) is 11.3 Å². The van der Waals surface area contributed by atoms with Gasteiger partial charge in [-0.3, -0.25) is 0 Å². The van der Waals surface area contributed by atoms with Gasteiger partial charge in [0.1, 0.15) is 18.2 Å². The van der Waals surface area contributed by atoms with Crippen LogP contribution < -0.4 is 0 Å². The Hall–Kier alpha value is -1.51. The summed E-state index contributed by atoms with van der Waals surface area (Å²) >= 11 is 3.25. The molecular formula is C22H28BrFN4OSi. The maximum absolute atomic E-state index is 14.0. The summed E-state index contributed by atoms with van der Waals surface area (Å²) in [5.74, 6) is 1.14. The van der Waals surface area contributed by atoms with Crippen molar-refractivity contribution in [2.75, 3.05) is 6.61 Å². The highest BCUT2D eigenvalue weighted by Gasteiger charge is 2.54. The van der Waals surface area contributed by atoms with E-state index in [0.717, 1.165) is 42.6 Å². The van der Waals surface area contributed by atoms with Crippen LogP contribution in [-0.4, -0.2) is 34.4 Å². The molecule has 0 radical (unpaired) electrons. The SMILES string of the molecule is C[C@@]12Cc3c(c(-c4nc5cc(Br)c(F)cc5[nH]4)nn3COCC[Si](C)(C)C)C[C@@H]1C2. The van der Waals surface area contributed by atoms with Crippen molar-refractivity contribution in [3.8, 4) is 11.5 Å². The lowest BCUT2D eigenvalue weighted by Crippen LogP contribution is -2.23. The van der Waals surface area contributed by atoms with Gasteiger partial charge in [-0.2, -0.15) is 5.10 Å². The molecule has 1 fully saturated rings. The molecule has 0 amide bonds. The third kappa shape index (κ3) is 3.67. The first-order valence-electron chi connectivity index (χ1n) is 10.6. The third-order valence-corrected chi connectivity index (χ3v) is 9.00. The molecule has 8 heteroatoms. The Morgan fingerprint density at radius 2 is 2.17 bits per heavy atom. The van der Waals surface area contributed by atoms with Gasteiger partial charge in [-0.05, 0) is 58.6 Å². The van der Waals surface area contributed by atoms with Crippen LogP contribution in [0.15, 0.2) is 16.6 Å². The van der Waals surface area contributed by atoms with E-state index < -0.39 is 8.07 Å². The monoisotopic (exact) mass is 490 g/mol. The zero-order valence-electron chi connectivity index (χ0n) is 18.0. The molecule has 2 aliphatic carbocycles. The highest BCUT2D eigenvalue weighted by molar-refractivity contribution is 9.10. The molecule has 0 saturated heterocycles. The summed E-state index contributed by atoms with van der Waals surface area (Å²) in [6.45, 7) is 10.7. The van der Waals surface area contributed by atoms with E-state index in [2.05, 4.69) is 47.5 Å². The summed E-state index contributed by atoms with van der Waals surface area (Å²) < 4.78 is 22.5. The summed E-state index contributed by atoms with van der Waals surface area (Å²) in [5, 5.41) is 4.93. The van der Waals surface area contributed by atoms with E-state index in [-0.39, 0.29) is 5.82 Å². The molecule has 2 atom stereocenters. The Kier molecular flexibility index (Phi) is 4.76. The fourth-order valence-electron chi connectivity index (χ4n) is 4.56. The zero-order valence-corrected chi connectivity index (χ0v) is 20.6. The molecule has 1 N–H and O–H groups in total. The van der Waals surface area contributed by atoms with E-state index in [1.165, 1.54) is 23.7 Å². The van der Waals surface area contributed by atoms with Crippen molar-refractivity contribution >= 4 is 35.0 Å². The van der Waals surface area contributed by atoms with Gasteiger partial charge in [0.2, 0.25) is 0 Å². The van der Waals surface area contributed by atoms with Gasteiger partial charge in [-0.1, -0.05) is 26.6 Å². The van der Waals surface area contributed by atoms with Gasteiger partial charge in [-0.25, -0.2) is 14.1 Å². The maximum atomic E-state index is 14.0. The Morgan fingerprint density at radius 3 is 2.93 bits per heavy atom. The average Bonchev–Trinajstić information content (AvgIpc) is 2.97. The van der Waals surface area contributed by atoms with Gasteiger partial charge < -0.3 is 9.72 Å².